The molecule has 0 aliphatic rings. The zero-order chi connectivity index (χ0) is 29.3. The maximum atomic E-state index is 13.1. The number of ether oxygens (including phenoxy) is 2. The van der Waals surface area contributed by atoms with Gasteiger partial charge in [0.2, 0.25) is 5.82 Å². The molecule has 14 heteroatoms. The molecule has 0 unspecified atom stereocenters. The fourth-order valence-corrected chi connectivity index (χ4v) is 5.04. The number of tetrazole rings is 1. The minimum Gasteiger partial charge on any atom is -0.465 e. The van der Waals surface area contributed by atoms with Gasteiger partial charge in [-0.1, -0.05) is 54.6 Å². The Labute approximate surface area is 244 Å². The summed E-state index contributed by atoms with van der Waals surface area (Å²) in [6.45, 7) is 3.01. The maximum Gasteiger partial charge on any atom is 0.340 e. The van der Waals surface area contributed by atoms with Crippen molar-refractivity contribution in [1.29, 1.82) is 0 Å². The summed E-state index contributed by atoms with van der Waals surface area (Å²) in [4.78, 5) is 22.3. The summed E-state index contributed by atoms with van der Waals surface area (Å²) in [7, 11) is 0. The molecule has 5 rings (SSSR count). The number of fused-ring (bicyclic) bond motifs is 1. The Morgan fingerprint density at radius 3 is 2.52 bits per heavy atom. The van der Waals surface area contributed by atoms with Crippen molar-refractivity contribution in [3.8, 4) is 28.5 Å². The second-order valence-electron chi connectivity index (χ2n) is 8.90. The second-order valence-corrected chi connectivity index (χ2v) is 10.1. The number of para-hydroxylation sites is 1. The average molecular weight is 592 g/mol. The van der Waals surface area contributed by atoms with Gasteiger partial charge in [0.15, 0.2) is 0 Å². The molecule has 0 fully saturated rings. The number of imidazole rings is 1. The van der Waals surface area contributed by atoms with E-state index >= 15 is 0 Å². The van der Waals surface area contributed by atoms with Crippen LogP contribution in [0.2, 0.25) is 0 Å². The fraction of sp³-hybridized carbons (Fsp3) is 0.250. The first-order chi connectivity index (χ1) is 20.5. The van der Waals surface area contributed by atoms with Gasteiger partial charge in [-0.15, -0.1) is 10.2 Å². The lowest BCUT2D eigenvalue weighted by atomic mass is 9.98. The van der Waals surface area contributed by atoms with E-state index in [1.54, 1.807) is 12.1 Å². The highest BCUT2D eigenvalue weighted by Crippen LogP contribution is 2.31. The molecule has 13 nitrogen and oxygen atoms in total. The molecule has 0 spiro atoms. The van der Waals surface area contributed by atoms with Gasteiger partial charge in [0.25, 0.3) is 6.01 Å². The van der Waals surface area contributed by atoms with E-state index in [4.69, 9.17) is 19.9 Å². The van der Waals surface area contributed by atoms with Crippen LogP contribution in [-0.4, -0.2) is 83.3 Å². The molecule has 0 aliphatic heterocycles. The molecule has 0 saturated carbocycles. The lowest BCUT2D eigenvalue weighted by Gasteiger charge is -2.13. The van der Waals surface area contributed by atoms with Crippen molar-refractivity contribution in [2.75, 3.05) is 31.3 Å². The van der Waals surface area contributed by atoms with Crippen LogP contribution >= 0.6 is 11.8 Å². The van der Waals surface area contributed by atoms with Gasteiger partial charge in [-0.25, -0.2) is 9.63 Å². The van der Waals surface area contributed by atoms with Crippen molar-refractivity contribution >= 4 is 28.8 Å². The van der Waals surface area contributed by atoms with Crippen LogP contribution in [0.4, 0.5) is 0 Å². The van der Waals surface area contributed by atoms with Crippen LogP contribution in [-0.2, 0) is 16.1 Å². The summed E-state index contributed by atoms with van der Waals surface area (Å²) in [5.74, 6) is 1.07. The van der Waals surface area contributed by atoms with E-state index in [0.29, 0.717) is 53.1 Å². The Morgan fingerprint density at radius 2 is 1.79 bits per heavy atom. The zero-order valence-corrected chi connectivity index (χ0v) is 23.5. The number of aromatic nitrogens is 6. The Morgan fingerprint density at radius 1 is 1.00 bits per heavy atom. The quantitative estimate of drug-likeness (QED) is 0.0959. The number of hydrogen-bond donors (Lipinski definition) is 3. The molecule has 42 heavy (non-hydrogen) atoms. The number of hydrogen-bond acceptors (Lipinski definition) is 12. The number of carbonyl (C=O) groups is 1. The van der Waals surface area contributed by atoms with E-state index in [2.05, 4.69) is 30.4 Å². The maximum absolute atomic E-state index is 13.1. The highest BCUT2D eigenvalue weighted by atomic mass is 32.2. The minimum atomic E-state index is -0.466. The van der Waals surface area contributed by atoms with Crippen LogP contribution in [0.15, 0.2) is 66.7 Å². The molecule has 218 valence electrons. The lowest BCUT2D eigenvalue weighted by molar-refractivity contribution is -0.490. The number of rotatable bonds is 14. The van der Waals surface area contributed by atoms with E-state index in [1.165, 1.54) is 11.8 Å². The molecule has 5 aromatic rings. The van der Waals surface area contributed by atoms with Crippen molar-refractivity contribution in [3.63, 3.8) is 0 Å². The first-order valence-corrected chi connectivity index (χ1v) is 14.3. The number of H-pyrrole nitrogens is 1. The number of nitrogens with one attached hydrogen (secondary N) is 1. The number of aromatic amines is 1. The fourth-order valence-electron chi connectivity index (χ4n) is 4.44. The predicted octanol–water partition coefficient (Wildman–Crippen LogP) is 4.23. The van der Waals surface area contributed by atoms with Crippen LogP contribution < -0.4 is 4.74 Å². The standard InChI is InChI=1S/C28H29N7O6S/c1-2-39-28-29-24-9-5-8-23(27(36)40-14-16-42-17-15-41-35(37)38)25(24)34(28)18-19-10-12-20(13-11-19)21-6-3-4-7-22(21)26-30-32-33-31-26/h3-13,37-38H,2,14-18H2,1H3,(H,30,31,32,33). The molecule has 0 atom stereocenters. The summed E-state index contributed by atoms with van der Waals surface area (Å²) >= 11 is 1.45. The summed E-state index contributed by atoms with van der Waals surface area (Å²) in [5.41, 5.74) is 5.48. The Balaban J connectivity index is 1.35. The Hall–Kier alpha value is -4.34. The summed E-state index contributed by atoms with van der Waals surface area (Å²) in [5, 5.41) is 31.2. The van der Waals surface area contributed by atoms with Gasteiger partial charge < -0.3 is 9.47 Å². The van der Waals surface area contributed by atoms with Crippen LogP contribution in [0.3, 0.4) is 0 Å². The molecule has 0 aliphatic carbocycles. The topological polar surface area (TPSA) is 161 Å². The number of esters is 1. The molecule has 3 N–H and O–H groups in total. The SMILES string of the molecule is CCOc1nc2cccc(C(=O)OCCSCCON(O)O)c2n1Cc1ccc(-c2ccccc2-c2nn[nH]n2)cc1. The van der Waals surface area contributed by atoms with Gasteiger partial charge in [-0.2, -0.15) is 22.0 Å². The molecule has 0 radical (unpaired) electrons. The summed E-state index contributed by atoms with van der Waals surface area (Å²) in [6, 6.07) is 21.7. The van der Waals surface area contributed by atoms with E-state index in [0.717, 1.165) is 22.3 Å². The van der Waals surface area contributed by atoms with E-state index in [-0.39, 0.29) is 18.6 Å². The zero-order valence-electron chi connectivity index (χ0n) is 22.7. The van der Waals surface area contributed by atoms with Gasteiger partial charge in [0.05, 0.1) is 41.7 Å². The molecular weight excluding hydrogens is 562 g/mol. The summed E-state index contributed by atoms with van der Waals surface area (Å²) < 4.78 is 13.3. The third kappa shape index (κ3) is 6.92. The first kappa shape index (κ1) is 29.2. The average Bonchev–Trinajstić information content (AvgIpc) is 3.66. The third-order valence-electron chi connectivity index (χ3n) is 6.24. The van der Waals surface area contributed by atoms with E-state index < -0.39 is 5.97 Å². The van der Waals surface area contributed by atoms with Gasteiger partial charge in [0.1, 0.15) is 6.61 Å². The van der Waals surface area contributed by atoms with Gasteiger partial charge in [0, 0.05) is 17.1 Å². The first-order valence-electron chi connectivity index (χ1n) is 13.1. The largest absolute Gasteiger partial charge is 0.465 e. The monoisotopic (exact) mass is 591 g/mol. The highest BCUT2D eigenvalue weighted by Gasteiger charge is 2.20. The summed E-state index contributed by atoms with van der Waals surface area (Å²) in [6.07, 6.45) is 0. The van der Waals surface area contributed by atoms with Crippen LogP contribution in [0.5, 0.6) is 6.01 Å². The number of carbonyl (C=O) groups excluding carboxylic acids is 1. The molecule has 0 bridgehead atoms. The normalized spacial score (nSPS) is 11.3. The van der Waals surface area contributed by atoms with Crippen LogP contribution in [0.25, 0.3) is 33.5 Å². The Bertz CT molecular complexity index is 1610. The van der Waals surface area contributed by atoms with Gasteiger partial charge in [-0.3, -0.25) is 15.0 Å². The molecule has 0 saturated heterocycles. The van der Waals surface area contributed by atoms with Crippen molar-refractivity contribution in [3.05, 3.63) is 77.9 Å². The molecule has 0 amide bonds. The third-order valence-corrected chi connectivity index (χ3v) is 7.15. The van der Waals surface area contributed by atoms with Crippen LogP contribution in [0, 0.1) is 0 Å². The number of benzene rings is 3. The molecular formula is C28H29N7O6S. The van der Waals surface area contributed by atoms with Crippen molar-refractivity contribution in [2.24, 2.45) is 0 Å². The molecule has 2 aromatic heterocycles. The lowest BCUT2D eigenvalue weighted by Crippen LogP contribution is -2.16. The smallest absolute Gasteiger partial charge is 0.340 e. The molecule has 2 heterocycles. The van der Waals surface area contributed by atoms with E-state index in [1.807, 2.05) is 66.1 Å². The minimum absolute atomic E-state index is 0.108. The predicted molar refractivity (Wildman–Crippen MR) is 154 cm³/mol. The van der Waals surface area contributed by atoms with Gasteiger partial charge in [-0.05, 0) is 41.0 Å². The Kier molecular flexibility index (Phi) is 9.74. The van der Waals surface area contributed by atoms with Crippen molar-refractivity contribution in [1.82, 2.24) is 35.6 Å². The number of thioether (sulfide) groups is 1. The van der Waals surface area contributed by atoms with Crippen molar-refractivity contribution < 1.29 is 29.5 Å². The number of nitrogens with zero attached hydrogens (tertiary/aromatic N) is 6. The van der Waals surface area contributed by atoms with Crippen LogP contribution in [0.1, 0.15) is 22.8 Å². The van der Waals surface area contributed by atoms with E-state index in [9.17, 15) is 4.79 Å². The van der Waals surface area contributed by atoms with Gasteiger partial charge >= 0.3 is 5.97 Å². The van der Waals surface area contributed by atoms with Crippen molar-refractivity contribution in [2.45, 2.75) is 13.5 Å². The second kappa shape index (κ2) is 14.0. The highest BCUT2D eigenvalue weighted by molar-refractivity contribution is 7.99. The molecule has 3 aromatic carbocycles.